The van der Waals surface area contributed by atoms with Gasteiger partial charge in [-0.3, -0.25) is 4.79 Å². The Bertz CT molecular complexity index is 541. The Morgan fingerprint density at radius 2 is 1.75 bits per heavy atom. The maximum Gasteiger partial charge on any atom is 0.153 e. The van der Waals surface area contributed by atoms with E-state index in [4.69, 9.17) is 4.74 Å². The number of ether oxygens (including phenoxy) is 1. The van der Waals surface area contributed by atoms with E-state index in [1.54, 1.807) is 12.1 Å². The van der Waals surface area contributed by atoms with E-state index in [-0.39, 0.29) is 0 Å². The lowest BCUT2D eigenvalue weighted by Crippen LogP contribution is -1.98. The molecular formula is C22H30O2. The Balaban J connectivity index is 2.55. The molecule has 0 saturated carbocycles. The van der Waals surface area contributed by atoms with Gasteiger partial charge >= 0.3 is 0 Å². The Morgan fingerprint density at radius 1 is 1.04 bits per heavy atom. The topological polar surface area (TPSA) is 26.3 Å². The number of allylic oxidation sites excluding steroid dienone is 5. The van der Waals surface area contributed by atoms with E-state index >= 15 is 0 Å². The third-order valence-electron chi connectivity index (χ3n) is 3.84. The quantitative estimate of drug-likeness (QED) is 0.176. The van der Waals surface area contributed by atoms with Crippen LogP contribution in [0.25, 0.3) is 0 Å². The summed E-state index contributed by atoms with van der Waals surface area (Å²) in [7, 11) is 0. The minimum Gasteiger partial charge on any atom is -0.461 e. The predicted molar refractivity (Wildman–Crippen MR) is 102 cm³/mol. The zero-order chi connectivity index (χ0) is 17.5. The largest absolute Gasteiger partial charge is 0.461 e. The molecule has 0 fully saturated rings. The third kappa shape index (κ3) is 8.52. The van der Waals surface area contributed by atoms with Gasteiger partial charge in [-0.15, -0.1) is 0 Å². The molecule has 0 aromatic heterocycles. The summed E-state index contributed by atoms with van der Waals surface area (Å²) in [6.45, 7) is 5.92. The molecule has 0 bridgehead atoms. The number of benzene rings is 1. The smallest absolute Gasteiger partial charge is 0.153 e. The molecular weight excluding hydrogens is 296 g/mol. The summed E-state index contributed by atoms with van der Waals surface area (Å²) in [6, 6.07) is 7.33. The first-order valence-corrected chi connectivity index (χ1v) is 9.02. The minimum absolute atomic E-state index is 0.579. The summed E-state index contributed by atoms with van der Waals surface area (Å²) in [5.74, 6) is 1.50. The van der Waals surface area contributed by atoms with Gasteiger partial charge in [-0.05, 0) is 24.6 Å². The molecule has 0 atom stereocenters. The van der Waals surface area contributed by atoms with Crippen molar-refractivity contribution in [3.8, 4) is 5.75 Å². The number of carbonyl (C=O) groups is 1. The molecule has 1 aromatic rings. The third-order valence-corrected chi connectivity index (χ3v) is 3.84. The minimum atomic E-state index is 0.579. The second kappa shape index (κ2) is 13.4. The van der Waals surface area contributed by atoms with Crippen LogP contribution in [-0.2, 0) is 0 Å². The van der Waals surface area contributed by atoms with E-state index in [0.29, 0.717) is 11.3 Å². The van der Waals surface area contributed by atoms with Crippen LogP contribution in [0.3, 0.4) is 0 Å². The van der Waals surface area contributed by atoms with Crippen molar-refractivity contribution >= 4 is 6.29 Å². The van der Waals surface area contributed by atoms with E-state index in [2.05, 4.69) is 13.5 Å². The SMILES string of the molecule is C=CC=CC=C(CCCCCCCCC)Oc1ccccc1C=O. The lowest BCUT2D eigenvalue weighted by atomic mass is 10.1. The first-order chi connectivity index (χ1) is 11.8. The summed E-state index contributed by atoms with van der Waals surface area (Å²) in [5.41, 5.74) is 0.579. The van der Waals surface area contributed by atoms with Gasteiger partial charge in [0.25, 0.3) is 0 Å². The van der Waals surface area contributed by atoms with Crippen LogP contribution >= 0.6 is 0 Å². The van der Waals surface area contributed by atoms with Gasteiger partial charge in [0.15, 0.2) is 6.29 Å². The lowest BCUT2D eigenvalue weighted by molar-refractivity contribution is 0.112. The number of para-hydroxylation sites is 1. The normalized spacial score (nSPS) is 11.6. The summed E-state index contributed by atoms with van der Waals surface area (Å²) >= 11 is 0. The van der Waals surface area contributed by atoms with Crippen molar-refractivity contribution in [1.82, 2.24) is 0 Å². The van der Waals surface area contributed by atoms with Crippen molar-refractivity contribution < 1.29 is 9.53 Å². The average Bonchev–Trinajstić information content (AvgIpc) is 2.61. The number of hydrogen-bond donors (Lipinski definition) is 0. The summed E-state index contributed by atoms with van der Waals surface area (Å²) in [4.78, 5) is 11.1. The Labute approximate surface area is 146 Å². The summed E-state index contributed by atoms with van der Waals surface area (Å²) in [6.07, 6.45) is 18.1. The van der Waals surface area contributed by atoms with Gasteiger partial charge in [-0.2, -0.15) is 0 Å². The highest BCUT2D eigenvalue weighted by atomic mass is 16.5. The number of unbranched alkanes of at least 4 members (excludes halogenated alkanes) is 6. The Hall–Kier alpha value is -2.09. The van der Waals surface area contributed by atoms with Crippen molar-refractivity contribution in [3.05, 3.63) is 66.5 Å². The van der Waals surface area contributed by atoms with Crippen LogP contribution in [-0.4, -0.2) is 6.29 Å². The van der Waals surface area contributed by atoms with Gasteiger partial charge in [0.2, 0.25) is 0 Å². The maximum absolute atomic E-state index is 11.1. The van der Waals surface area contributed by atoms with E-state index in [1.807, 2.05) is 36.4 Å². The molecule has 0 radical (unpaired) electrons. The molecule has 0 unspecified atom stereocenters. The number of carbonyl (C=O) groups excluding carboxylic acids is 1. The molecule has 2 nitrogen and oxygen atoms in total. The highest BCUT2D eigenvalue weighted by Gasteiger charge is 2.05. The van der Waals surface area contributed by atoms with Crippen LogP contribution in [0.5, 0.6) is 5.75 Å². The fourth-order valence-corrected chi connectivity index (χ4v) is 2.48. The first-order valence-electron chi connectivity index (χ1n) is 9.02. The molecule has 0 amide bonds. The Kier molecular flexibility index (Phi) is 11.1. The van der Waals surface area contributed by atoms with E-state index in [9.17, 15) is 4.79 Å². The molecule has 24 heavy (non-hydrogen) atoms. The molecule has 0 N–H and O–H groups in total. The molecule has 1 rings (SSSR count). The molecule has 130 valence electrons. The van der Waals surface area contributed by atoms with Crippen LogP contribution < -0.4 is 4.74 Å². The van der Waals surface area contributed by atoms with Gasteiger partial charge in [0.1, 0.15) is 11.5 Å². The van der Waals surface area contributed by atoms with Crippen molar-refractivity contribution in [3.63, 3.8) is 0 Å². The molecule has 0 aliphatic heterocycles. The molecule has 0 aliphatic rings. The van der Waals surface area contributed by atoms with Crippen LogP contribution in [0.1, 0.15) is 68.6 Å². The van der Waals surface area contributed by atoms with Crippen molar-refractivity contribution in [1.29, 1.82) is 0 Å². The van der Waals surface area contributed by atoms with Crippen molar-refractivity contribution in [2.75, 3.05) is 0 Å². The van der Waals surface area contributed by atoms with Crippen molar-refractivity contribution in [2.45, 2.75) is 58.3 Å². The van der Waals surface area contributed by atoms with Crippen LogP contribution in [0.15, 0.2) is 60.9 Å². The van der Waals surface area contributed by atoms with Crippen LogP contribution in [0, 0.1) is 0 Å². The van der Waals surface area contributed by atoms with Crippen LogP contribution in [0.2, 0.25) is 0 Å². The molecule has 0 spiro atoms. The van der Waals surface area contributed by atoms with Gasteiger partial charge < -0.3 is 4.74 Å². The van der Waals surface area contributed by atoms with Gasteiger partial charge in [-0.25, -0.2) is 0 Å². The van der Waals surface area contributed by atoms with E-state index < -0.39 is 0 Å². The zero-order valence-corrected chi connectivity index (χ0v) is 14.9. The maximum atomic E-state index is 11.1. The molecule has 2 heteroatoms. The molecule has 0 saturated heterocycles. The fourth-order valence-electron chi connectivity index (χ4n) is 2.48. The van der Waals surface area contributed by atoms with E-state index in [0.717, 1.165) is 24.9 Å². The van der Waals surface area contributed by atoms with Gasteiger partial charge in [0.05, 0.1) is 5.56 Å². The lowest BCUT2D eigenvalue weighted by Gasteiger charge is -2.11. The molecule has 1 aromatic carbocycles. The second-order valence-corrected chi connectivity index (χ2v) is 5.88. The summed E-state index contributed by atoms with van der Waals surface area (Å²) in [5, 5.41) is 0. The highest BCUT2D eigenvalue weighted by molar-refractivity contribution is 5.79. The standard InChI is InChI=1S/C22H30O2/c1-3-5-7-8-9-10-12-17-21(16-11-6-4-2)24-22-18-14-13-15-20(22)19-23/h4,6,11,13-16,18-19H,2-3,5,7-10,12,17H2,1H3. The average molecular weight is 326 g/mol. The first kappa shape index (κ1) is 20.0. The van der Waals surface area contributed by atoms with E-state index in [1.165, 1.54) is 38.5 Å². The van der Waals surface area contributed by atoms with Crippen LogP contribution in [0.4, 0.5) is 0 Å². The zero-order valence-electron chi connectivity index (χ0n) is 14.9. The number of rotatable bonds is 13. The molecule has 0 aliphatic carbocycles. The summed E-state index contributed by atoms with van der Waals surface area (Å²) < 4.78 is 5.97. The molecule has 0 heterocycles. The fraction of sp³-hybridized carbons (Fsp3) is 0.409. The van der Waals surface area contributed by atoms with Crippen molar-refractivity contribution in [2.24, 2.45) is 0 Å². The predicted octanol–water partition coefficient (Wildman–Crippen LogP) is 6.64. The Morgan fingerprint density at radius 3 is 2.46 bits per heavy atom. The second-order valence-electron chi connectivity index (χ2n) is 5.88. The monoisotopic (exact) mass is 326 g/mol. The van der Waals surface area contributed by atoms with Gasteiger partial charge in [-0.1, -0.05) is 82.4 Å². The highest BCUT2D eigenvalue weighted by Crippen LogP contribution is 2.21. The van der Waals surface area contributed by atoms with Gasteiger partial charge in [0, 0.05) is 6.42 Å². The number of hydrogen-bond acceptors (Lipinski definition) is 2. The number of aldehydes is 1.